The lowest BCUT2D eigenvalue weighted by molar-refractivity contribution is -0.123. The van der Waals surface area contributed by atoms with E-state index in [9.17, 15) is 4.79 Å². The normalized spacial score (nSPS) is 14.1. The van der Waals surface area contributed by atoms with Crippen LogP contribution in [-0.2, 0) is 4.79 Å². The first-order valence-corrected chi connectivity index (χ1v) is 7.00. The summed E-state index contributed by atoms with van der Waals surface area (Å²) in [4.78, 5) is 16.0. The van der Waals surface area contributed by atoms with Crippen molar-refractivity contribution in [2.24, 2.45) is 5.73 Å². The van der Waals surface area contributed by atoms with Gasteiger partial charge >= 0.3 is 0 Å². The first-order chi connectivity index (χ1) is 8.15. The number of aromatic nitrogens is 1. The molecule has 0 aliphatic carbocycles. The molecule has 0 aromatic carbocycles. The van der Waals surface area contributed by atoms with E-state index < -0.39 is 6.04 Å². The average molecular weight is 253 g/mol. The van der Waals surface area contributed by atoms with Crippen molar-refractivity contribution in [3.8, 4) is 0 Å². The van der Waals surface area contributed by atoms with Crippen molar-refractivity contribution in [1.82, 2.24) is 10.3 Å². The molecule has 0 saturated heterocycles. The van der Waals surface area contributed by atoms with Gasteiger partial charge in [-0.15, -0.1) is 0 Å². The molecule has 0 unspecified atom stereocenters. The molecule has 0 aliphatic heterocycles. The van der Waals surface area contributed by atoms with Gasteiger partial charge in [0.25, 0.3) is 0 Å². The van der Waals surface area contributed by atoms with Crippen LogP contribution in [0.4, 0.5) is 0 Å². The number of amides is 1. The highest BCUT2D eigenvalue weighted by molar-refractivity contribution is 7.98. The molecule has 0 aliphatic rings. The van der Waals surface area contributed by atoms with Crippen molar-refractivity contribution >= 4 is 17.7 Å². The summed E-state index contributed by atoms with van der Waals surface area (Å²) in [5.41, 5.74) is 6.63. The van der Waals surface area contributed by atoms with Crippen LogP contribution in [0.25, 0.3) is 0 Å². The van der Waals surface area contributed by atoms with Crippen LogP contribution in [0.1, 0.15) is 25.1 Å². The fourth-order valence-electron chi connectivity index (χ4n) is 1.40. The molecule has 1 heterocycles. The van der Waals surface area contributed by atoms with Gasteiger partial charge in [0, 0.05) is 6.20 Å². The van der Waals surface area contributed by atoms with Gasteiger partial charge < -0.3 is 11.1 Å². The number of nitrogens with one attached hydrogen (secondary N) is 1. The Bertz CT molecular complexity index is 345. The van der Waals surface area contributed by atoms with Crippen molar-refractivity contribution in [2.45, 2.75) is 25.4 Å². The van der Waals surface area contributed by atoms with Gasteiger partial charge in [0.1, 0.15) is 0 Å². The summed E-state index contributed by atoms with van der Waals surface area (Å²) in [7, 11) is 0. The third-order valence-electron chi connectivity index (χ3n) is 2.46. The van der Waals surface area contributed by atoms with Crippen LogP contribution in [0.3, 0.4) is 0 Å². The summed E-state index contributed by atoms with van der Waals surface area (Å²) in [6.07, 6.45) is 4.41. The average Bonchev–Trinajstić information content (AvgIpc) is 2.36. The van der Waals surface area contributed by atoms with Gasteiger partial charge in [-0.3, -0.25) is 9.78 Å². The van der Waals surface area contributed by atoms with E-state index >= 15 is 0 Å². The molecule has 1 amide bonds. The number of nitrogens with zero attached hydrogens (tertiary/aromatic N) is 1. The summed E-state index contributed by atoms with van der Waals surface area (Å²) in [6, 6.07) is 5.09. The molecule has 4 nitrogen and oxygen atoms in total. The standard InChI is InChI=1S/C12H19N3OS/c1-9(11-5-3-4-7-14-11)15-12(16)10(13)6-8-17-2/h3-5,7,9-10H,6,8,13H2,1-2H3,(H,15,16)/t9-,10-/m1/s1. The van der Waals surface area contributed by atoms with Crippen LogP contribution in [-0.4, -0.2) is 28.9 Å². The maximum absolute atomic E-state index is 11.8. The van der Waals surface area contributed by atoms with Crippen LogP contribution in [0.2, 0.25) is 0 Å². The van der Waals surface area contributed by atoms with Crippen LogP contribution in [0, 0.1) is 0 Å². The van der Waals surface area contributed by atoms with E-state index in [4.69, 9.17) is 5.73 Å². The molecule has 0 saturated carbocycles. The highest BCUT2D eigenvalue weighted by Gasteiger charge is 2.16. The van der Waals surface area contributed by atoms with Crippen LogP contribution in [0.5, 0.6) is 0 Å². The molecule has 17 heavy (non-hydrogen) atoms. The van der Waals surface area contributed by atoms with Gasteiger partial charge in [-0.05, 0) is 37.5 Å². The SMILES string of the molecule is CSCC[C@@H](N)C(=O)N[C@H](C)c1ccccn1. The Balaban J connectivity index is 2.46. The van der Waals surface area contributed by atoms with Gasteiger partial charge in [0.05, 0.1) is 17.8 Å². The smallest absolute Gasteiger partial charge is 0.237 e. The number of hydrogen-bond donors (Lipinski definition) is 2. The fourth-order valence-corrected chi connectivity index (χ4v) is 1.89. The zero-order chi connectivity index (χ0) is 12.7. The molecular weight excluding hydrogens is 234 g/mol. The summed E-state index contributed by atoms with van der Waals surface area (Å²) in [6.45, 7) is 1.90. The van der Waals surface area contributed by atoms with Crippen molar-refractivity contribution in [3.05, 3.63) is 30.1 Å². The van der Waals surface area contributed by atoms with Crippen molar-refractivity contribution < 1.29 is 4.79 Å². The molecule has 1 rings (SSSR count). The Hall–Kier alpha value is -1.07. The second-order valence-electron chi connectivity index (χ2n) is 3.87. The Kier molecular flexibility index (Phi) is 6.00. The topological polar surface area (TPSA) is 68.0 Å². The minimum atomic E-state index is -0.436. The lowest BCUT2D eigenvalue weighted by atomic mass is 10.1. The maximum Gasteiger partial charge on any atom is 0.237 e. The molecule has 0 radical (unpaired) electrons. The quantitative estimate of drug-likeness (QED) is 0.803. The van der Waals surface area contributed by atoms with Gasteiger partial charge in [-0.1, -0.05) is 6.07 Å². The second-order valence-corrected chi connectivity index (χ2v) is 4.86. The maximum atomic E-state index is 11.8. The van der Waals surface area contributed by atoms with Crippen molar-refractivity contribution in [1.29, 1.82) is 0 Å². The summed E-state index contributed by atoms with van der Waals surface area (Å²) >= 11 is 1.69. The minimum Gasteiger partial charge on any atom is -0.347 e. The molecule has 1 aromatic rings. The van der Waals surface area contributed by atoms with Gasteiger partial charge in [-0.2, -0.15) is 11.8 Å². The van der Waals surface area contributed by atoms with Crippen molar-refractivity contribution in [2.75, 3.05) is 12.0 Å². The first kappa shape index (κ1) is 14.0. The molecular formula is C12H19N3OS. The summed E-state index contributed by atoms with van der Waals surface area (Å²) < 4.78 is 0. The predicted octanol–water partition coefficient (Wildman–Crippen LogP) is 1.34. The fraction of sp³-hybridized carbons (Fsp3) is 0.500. The Labute approximate surface area is 106 Å². The molecule has 0 spiro atoms. The summed E-state index contributed by atoms with van der Waals surface area (Å²) in [5.74, 6) is 0.782. The zero-order valence-electron chi connectivity index (χ0n) is 10.2. The van der Waals surface area contributed by atoms with Gasteiger partial charge in [0.2, 0.25) is 5.91 Å². The molecule has 0 bridgehead atoms. The van der Waals surface area contributed by atoms with Gasteiger partial charge in [-0.25, -0.2) is 0 Å². The van der Waals surface area contributed by atoms with Crippen LogP contribution >= 0.6 is 11.8 Å². The lowest BCUT2D eigenvalue weighted by Gasteiger charge is -2.16. The first-order valence-electron chi connectivity index (χ1n) is 5.61. The Morgan fingerprint density at radius 1 is 1.59 bits per heavy atom. The Morgan fingerprint density at radius 2 is 2.35 bits per heavy atom. The molecule has 3 N–H and O–H groups in total. The Morgan fingerprint density at radius 3 is 2.94 bits per heavy atom. The number of carbonyl (C=O) groups excluding carboxylic acids is 1. The van der Waals surface area contributed by atoms with E-state index in [1.807, 2.05) is 31.4 Å². The molecule has 5 heteroatoms. The van der Waals surface area contributed by atoms with Gasteiger partial charge in [0.15, 0.2) is 0 Å². The highest BCUT2D eigenvalue weighted by Crippen LogP contribution is 2.08. The van der Waals surface area contributed by atoms with E-state index in [0.717, 1.165) is 11.4 Å². The van der Waals surface area contributed by atoms with Crippen LogP contribution in [0.15, 0.2) is 24.4 Å². The number of hydrogen-bond acceptors (Lipinski definition) is 4. The minimum absolute atomic E-state index is 0.107. The largest absolute Gasteiger partial charge is 0.347 e. The monoisotopic (exact) mass is 253 g/mol. The molecule has 2 atom stereocenters. The number of pyridine rings is 1. The third-order valence-corrected chi connectivity index (χ3v) is 3.10. The molecule has 94 valence electrons. The third kappa shape index (κ3) is 4.75. The lowest BCUT2D eigenvalue weighted by Crippen LogP contribution is -2.42. The van der Waals surface area contributed by atoms with E-state index in [0.29, 0.717) is 6.42 Å². The predicted molar refractivity (Wildman–Crippen MR) is 71.8 cm³/mol. The second kappa shape index (κ2) is 7.29. The highest BCUT2D eigenvalue weighted by atomic mass is 32.2. The van der Waals surface area contributed by atoms with E-state index in [-0.39, 0.29) is 11.9 Å². The van der Waals surface area contributed by atoms with E-state index in [2.05, 4.69) is 10.3 Å². The van der Waals surface area contributed by atoms with E-state index in [1.165, 1.54) is 0 Å². The van der Waals surface area contributed by atoms with Crippen molar-refractivity contribution in [3.63, 3.8) is 0 Å². The molecule has 0 fully saturated rings. The number of nitrogens with two attached hydrogens (primary N) is 1. The number of carbonyl (C=O) groups is 1. The van der Waals surface area contributed by atoms with E-state index in [1.54, 1.807) is 18.0 Å². The number of thioether (sulfide) groups is 1. The van der Waals surface area contributed by atoms with Crippen LogP contribution < -0.4 is 11.1 Å². The molecule has 1 aromatic heterocycles. The zero-order valence-corrected chi connectivity index (χ0v) is 11.0. The summed E-state index contributed by atoms with van der Waals surface area (Å²) in [5, 5.41) is 2.87. The number of rotatable bonds is 6.